The van der Waals surface area contributed by atoms with Crippen molar-refractivity contribution in [2.24, 2.45) is 0 Å². The van der Waals surface area contributed by atoms with E-state index in [1.165, 1.54) is 0 Å². The molecule has 1 aromatic carbocycles. The standard InChI is InChI=1S/C26H43N5/c1-10-24(6,7)31-20-17-15-16-19(18-20)27-23-29-21(25(8,11-2)12-3)28-22(30-23)26(9,13-4)14-5/h15-18,31H,10-14H2,1-9H3,(H,27,28,29,30). The number of benzene rings is 1. The molecular formula is C26H43N5. The third kappa shape index (κ3) is 5.96. The van der Waals surface area contributed by atoms with Crippen LogP contribution in [-0.2, 0) is 10.8 Å². The molecule has 0 fully saturated rings. The number of rotatable bonds is 11. The molecule has 0 aliphatic carbocycles. The zero-order valence-corrected chi connectivity index (χ0v) is 21.2. The summed E-state index contributed by atoms with van der Waals surface area (Å²) in [7, 11) is 0. The van der Waals surface area contributed by atoms with E-state index in [0.717, 1.165) is 55.1 Å². The molecule has 2 rings (SSSR count). The van der Waals surface area contributed by atoms with E-state index in [-0.39, 0.29) is 16.4 Å². The number of hydrogen-bond donors (Lipinski definition) is 2. The third-order valence-corrected chi connectivity index (χ3v) is 7.32. The second kappa shape index (κ2) is 9.97. The van der Waals surface area contributed by atoms with Gasteiger partial charge < -0.3 is 10.6 Å². The molecule has 2 aromatic rings. The molecule has 0 aliphatic rings. The van der Waals surface area contributed by atoms with Crippen molar-refractivity contribution in [2.75, 3.05) is 10.6 Å². The molecule has 0 aliphatic heterocycles. The summed E-state index contributed by atoms with van der Waals surface area (Å²) in [6, 6.07) is 8.34. The molecule has 0 unspecified atom stereocenters. The number of anilines is 3. The van der Waals surface area contributed by atoms with Crippen LogP contribution >= 0.6 is 0 Å². The van der Waals surface area contributed by atoms with Gasteiger partial charge in [-0.25, -0.2) is 4.98 Å². The molecule has 0 radical (unpaired) electrons. The van der Waals surface area contributed by atoms with Crippen LogP contribution in [0, 0.1) is 0 Å². The fraction of sp³-hybridized carbons (Fsp3) is 0.654. The molecule has 1 aromatic heterocycles. The van der Waals surface area contributed by atoms with Crippen LogP contribution in [0.2, 0.25) is 0 Å². The van der Waals surface area contributed by atoms with E-state index in [1.54, 1.807) is 0 Å². The zero-order chi connectivity index (χ0) is 23.3. The molecule has 0 spiro atoms. The summed E-state index contributed by atoms with van der Waals surface area (Å²) < 4.78 is 0. The van der Waals surface area contributed by atoms with E-state index in [0.29, 0.717) is 5.95 Å². The average Bonchev–Trinajstić information content (AvgIpc) is 2.77. The SMILES string of the molecule is CCC(C)(C)Nc1cccc(Nc2nc(C(C)(CC)CC)nc(C(C)(CC)CC)n2)c1. The van der Waals surface area contributed by atoms with Gasteiger partial charge in [0.1, 0.15) is 11.6 Å². The Labute approximate surface area is 189 Å². The van der Waals surface area contributed by atoms with Gasteiger partial charge in [0.15, 0.2) is 0 Å². The Morgan fingerprint density at radius 2 is 1.16 bits per heavy atom. The lowest BCUT2D eigenvalue weighted by atomic mass is 9.82. The highest BCUT2D eigenvalue weighted by Gasteiger charge is 2.32. The largest absolute Gasteiger partial charge is 0.380 e. The van der Waals surface area contributed by atoms with Gasteiger partial charge in [-0.1, -0.05) is 54.5 Å². The molecule has 0 saturated carbocycles. The summed E-state index contributed by atoms with van der Waals surface area (Å²) in [6.07, 6.45) is 5.02. The van der Waals surface area contributed by atoms with Gasteiger partial charge in [-0.2, -0.15) is 9.97 Å². The lowest BCUT2D eigenvalue weighted by Gasteiger charge is -2.30. The number of nitrogens with one attached hydrogen (secondary N) is 2. The summed E-state index contributed by atoms with van der Waals surface area (Å²) in [5.41, 5.74) is 1.98. The Bertz CT molecular complexity index is 814. The number of nitrogens with zero attached hydrogens (tertiary/aromatic N) is 3. The van der Waals surface area contributed by atoms with Gasteiger partial charge in [-0.3, -0.25) is 0 Å². The highest BCUT2D eigenvalue weighted by molar-refractivity contribution is 5.61. The Morgan fingerprint density at radius 3 is 1.61 bits per heavy atom. The lowest BCUT2D eigenvalue weighted by molar-refractivity contribution is 0.379. The summed E-state index contributed by atoms with van der Waals surface area (Å²) in [4.78, 5) is 14.8. The zero-order valence-electron chi connectivity index (χ0n) is 21.2. The Morgan fingerprint density at radius 1 is 0.677 bits per heavy atom. The van der Waals surface area contributed by atoms with Gasteiger partial charge in [0.25, 0.3) is 0 Å². The van der Waals surface area contributed by atoms with Crippen LogP contribution in [0.3, 0.4) is 0 Å². The van der Waals surface area contributed by atoms with E-state index in [2.05, 4.69) is 97.2 Å². The Kier molecular flexibility index (Phi) is 8.07. The highest BCUT2D eigenvalue weighted by atomic mass is 15.2. The fourth-order valence-electron chi connectivity index (χ4n) is 3.39. The predicted octanol–water partition coefficient (Wildman–Crippen LogP) is 7.37. The van der Waals surface area contributed by atoms with E-state index in [4.69, 9.17) is 15.0 Å². The van der Waals surface area contributed by atoms with Crippen molar-refractivity contribution in [2.45, 2.75) is 111 Å². The first-order chi connectivity index (χ1) is 14.5. The maximum Gasteiger partial charge on any atom is 0.230 e. The Balaban J connectivity index is 2.49. The van der Waals surface area contributed by atoms with Crippen LogP contribution < -0.4 is 10.6 Å². The maximum atomic E-state index is 5.01. The van der Waals surface area contributed by atoms with Gasteiger partial charge in [0.2, 0.25) is 5.95 Å². The maximum absolute atomic E-state index is 5.01. The summed E-state index contributed by atoms with van der Waals surface area (Å²) in [6.45, 7) is 20.0. The van der Waals surface area contributed by atoms with Crippen LogP contribution in [0.5, 0.6) is 0 Å². The van der Waals surface area contributed by atoms with Crippen LogP contribution in [-0.4, -0.2) is 20.5 Å². The topological polar surface area (TPSA) is 62.7 Å². The van der Waals surface area contributed by atoms with Crippen LogP contribution in [0.4, 0.5) is 17.3 Å². The minimum Gasteiger partial charge on any atom is -0.380 e. The first-order valence-corrected chi connectivity index (χ1v) is 12.0. The molecular weight excluding hydrogens is 382 g/mol. The van der Waals surface area contributed by atoms with E-state index < -0.39 is 0 Å². The van der Waals surface area contributed by atoms with Crippen LogP contribution in [0.15, 0.2) is 24.3 Å². The first-order valence-electron chi connectivity index (χ1n) is 12.0. The fourth-order valence-corrected chi connectivity index (χ4v) is 3.39. The van der Waals surface area contributed by atoms with Crippen LogP contribution in [0.25, 0.3) is 0 Å². The Hall–Kier alpha value is -2.17. The van der Waals surface area contributed by atoms with Crippen molar-refractivity contribution < 1.29 is 0 Å². The number of aromatic nitrogens is 3. The molecule has 0 atom stereocenters. The monoisotopic (exact) mass is 425 g/mol. The number of hydrogen-bond acceptors (Lipinski definition) is 5. The molecule has 1 heterocycles. The lowest BCUT2D eigenvalue weighted by Crippen LogP contribution is -2.30. The molecule has 0 bridgehead atoms. The highest BCUT2D eigenvalue weighted by Crippen LogP contribution is 2.34. The van der Waals surface area contributed by atoms with Gasteiger partial charge in [-0.05, 0) is 64.2 Å². The van der Waals surface area contributed by atoms with Gasteiger partial charge in [0.05, 0.1) is 0 Å². The second-order valence-corrected chi connectivity index (χ2v) is 9.91. The normalized spacial score (nSPS) is 12.7. The molecule has 5 heteroatoms. The first kappa shape index (κ1) is 25.1. The minimum absolute atomic E-state index is 0.0419. The minimum atomic E-state index is -0.0644. The molecule has 172 valence electrons. The molecule has 2 N–H and O–H groups in total. The quantitative estimate of drug-likeness (QED) is 0.393. The molecule has 31 heavy (non-hydrogen) atoms. The molecule has 0 saturated heterocycles. The summed E-state index contributed by atoms with van der Waals surface area (Å²) in [5.74, 6) is 2.41. The average molecular weight is 426 g/mol. The summed E-state index contributed by atoms with van der Waals surface area (Å²) >= 11 is 0. The van der Waals surface area contributed by atoms with E-state index in [1.807, 2.05) is 0 Å². The van der Waals surface area contributed by atoms with Crippen molar-refractivity contribution in [3.63, 3.8) is 0 Å². The smallest absolute Gasteiger partial charge is 0.230 e. The predicted molar refractivity (Wildman–Crippen MR) is 133 cm³/mol. The van der Waals surface area contributed by atoms with Gasteiger partial charge >= 0.3 is 0 Å². The van der Waals surface area contributed by atoms with E-state index >= 15 is 0 Å². The van der Waals surface area contributed by atoms with Crippen molar-refractivity contribution in [1.82, 2.24) is 15.0 Å². The van der Waals surface area contributed by atoms with Gasteiger partial charge in [-0.15, -0.1) is 0 Å². The summed E-state index contributed by atoms with van der Waals surface area (Å²) in [5, 5.41) is 7.08. The van der Waals surface area contributed by atoms with Gasteiger partial charge in [0, 0.05) is 27.7 Å². The second-order valence-electron chi connectivity index (χ2n) is 9.91. The van der Waals surface area contributed by atoms with Crippen molar-refractivity contribution in [1.29, 1.82) is 0 Å². The third-order valence-electron chi connectivity index (χ3n) is 7.32. The van der Waals surface area contributed by atoms with Crippen molar-refractivity contribution in [3.8, 4) is 0 Å². The van der Waals surface area contributed by atoms with E-state index in [9.17, 15) is 0 Å². The molecule has 0 amide bonds. The van der Waals surface area contributed by atoms with Crippen LogP contribution in [0.1, 0.15) is 106 Å². The van der Waals surface area contributed by atoms with Crippen molar-refractivity contribution >= 4 is 17.3 Å². The molecule has 5 nitrogen and oxygen atoms in total. The van der Waals surface area contributed by atoms with Crippen molar-refractivity contribution in [3.05, 3.63) is 35.9 Å².